The molecule has 1 aromatic heterocycles. The van der Waals surface area contributed by atoms with Gasteiger partial charge in [0.1, 0.15) is 12.2 Å². The van der Waals surface area contributed by atoms with Gasteiger partial charge in [-0.15, -0.1) is 0 Å². The van der Waals surface area contributed by atoms with Crippen LogP contribution in [-0.4, -0.2) is 21.3 Å². The normalized spacial score (nSPS) is 12.8. The number of hydrogen-bond acceptors (Lipinski definition) is 3. The highest BCUT2D eigenvalue weighted by Gasteiger charge is 2.16. The van der Waals surface area contributed by atoms with Crippen LogP contribution in [0.5, 0.6) is 0 Å². The van der Waals surface area contributed by atoms with Crippen LogP contribution in [-0.2, 0) is 6.42 Å². The van der Waals surface area contributed by atoms with Crippen molar-refractivity contribution in [3.63, 3.8) is 0 Å². The molecule has 0 saturated carbocycles. The van der Waals surface area contributed by atoms with Crippen molar-refractivity contribution in [2.75, 3.05) is 6.54 Å². The Morgan fingerprint density at radius 3 is 2.57 bits per heavy atom. The summed E-state index contributed by atoms with van der Waals surface area (Å²) in [5, 5.41) is 7.96. The lowest BCUT2D eigenvalue weighted by Gasteiger charge is -2.20. The number of benzene rings is 1. The van der Waals surface area contributed by atoms with Crippen LogP contribution in [0.15, 0.2) is 30.6 Å². The predicted molar refractivity (Wildman–Crippen MR) is 94.3 cm³/mol. The highest BCUT2D eigenvalue weighted by atomic mass is 127. The van der Waals surface area contributed by atoms with Crippen molar-refractivity contribution in [1.82, 2.24) is 20.1 Å². The molecule has 1 unspecified atom stereocenters. The van der Waals surface area contributed by atoms with E-state index in [0.29, 0.717) is 6.04 Å². The van der Waals surface area contributed by atoms with Gasteiger partial charge in [-0.1, -0.05) is 19.1 Å². The molecule has 0 bridgehead atoms. The smallest absolute Gasteiger partial charge is 0.138 e. The Morgan fingerprint density at radius 2 is 1.95 bits per heavy atom. The second-order valence-corrected chi connectivity index (χ2v) is 6.72. The molecule has 1 aromatic carbocycles. The van der Waals surface area contributed by atoms with Crippen LogP contribution in [0.1, 0.15) is 50.7 Å². The summed E-state index contributed by atoms with van der Waals surface area (Å²) in [6, 6.07) is 9.33. The van der Waals surface area contributed by atoms with Gasteiger partial charge in [0.2, 0.25) is 0 Å². The van der Waals surface area contributed by atoms with Gasteiger partial charge in [-0.3, -0.25) is 0 Å². The fourth-order valence-corrected chi connectivity index (χ4v) is 2.72. The predicted octanol–water partition coefficient (Wildman–Crippen LogP) is 3.75. The lowest BCUT2D eigenvalue weighted by molar-refractivity contribution is 0.463. The van der Waals surface area contributed by atoms with E-state index in [4.69, 9.17) is 0 Å². The molecule has 114 valence electrons. The largest absolute Gasteiger partial charge is 0.310 e. The van der Waals surface area contributed by atoms with E-state index in [-0.39, 0.29) is 6.04 Å². The van der Waals surface area contributed by atoms with Crippen LogP contribution in [0.3, 0.4) is 0 Å². The first-order valence-electron chi connectivity index (χ1n) is 7.49. The topological polar surface area (TPSA) is 42.7 Å². The molecule has 0 aliphatic carbocycles. The third kappa shape index (κ3) is 4.51. The van der Waals surface area contributed by atoms with E-state index < -0.39 is 0 Å². The molecule has 5 heteroatoms. The summed E-state index contributed by atoms with van der Waals surface area (Å²) in [6.45, 7) is 7.47. The van der Waals surface area contributed by atoms with Crippen molar-refractivity contribution in [1.29, 1.82) is 0 Å². The van der Waals surface area contributed by atoms with Gasteiger partial charge < -0.3 is 5.32 Å². The zero-order valence-corrected chi connectivity index (χ0v) is 15.0. The van der Waals surface area contributed by atoms with Crippen LogP contribution in [0.25, 0.3) is 0 Å². The number of halogens is 1. The van der Waals surface area contributed by atoms with Gasteiger partial charge in [-0.05, 0) is 67.1 Å². The molecule has 1 heterocycles. The lowest BCUT2D eigenvalue weighted by Crippen LogP contribution is -2.25. The highest BCUT2D eigenvalue weighted by molar-refractivity contribution is 14.1. The van der Waals surface area contributed by atoms with Crippen LogP contribution in [0.2, 0.25) is 0 Å². The van der Waals surface area contributed by atoms with E-state index >= 15 is 0 Å². The molecule has 21 heavy (non-hydrogen) atoms. The van der Waals surface area contributed by atoms with Gasteiger partial charge in [0.05, 0.1) is 0 Å². The van der Waals surface area contributed by atoms with Crippen molar-refractivity contribution in [2.24, 2.45) is 0 Å². The monoisotopic (exact) mass is 398 g/mol. The molecule has 0 saturated heterocycles. The minimum atomic E-state index is 0.281. The fraction of sp³-hybridized carbons (Fsp3) is 0.500. The summed E-state index contributed by atoms with van der Waals surface area (Å²) < 4.78 is 3.27. The second-order valence-electron chi connectivity index (χ2n) is 5.48. The zero-order chi connectivity index (χ0) is 15.2. The van der Waals surface area contributed by atoms with Gasteiger partial charge in [0.25, 0.3) is 0 Å². The highest BCUT2D eigenvalue weighted by Crippen LogP contribution is 2.20. The molecule has 2 rings (SSSR count). The number of nitrogens with zero attached hydrogens (tertiary/aromatic N) is 3. The van der Waals surface area contributed by atoms with Crippen molar-refractivity contribution in [2.45, 2.75) is 45.7 Å². The summed E-state index contributed by atoms with van der Waals surface area (Å²) in [5.41, 5.74) is 1.31. The third-order valence-corrected chi connectivity index (χ3v) is 4.16. The number of aromatic nitrogens is 3. The molecule has 4 nitrogen and oxygen atoms in total. The first kappa shape index (κ1) is 16.4. The second kappa shape index (κ2) is 7.89. The van der Waals surface area contributed by atoms with Gasteiger partial charge in [-0.25, -0.2) is 9.67 Å². The Kier molecular flexibility index (Phi) is 6.17. The Bertz CT molecular complexity index is 548. The van der Waals surface area contributed by atoms with Gasteiger partial charge in [0.15, 0.2) is 0 Å². The quantitative estimate of drug-likeness (QED) is 0.723. The molecular formula is C16H23IN4. The first-order chi connectivity index (χ1) is 10.1. The van der Waals surface area contributed by atoms with Gasteiger partial charge in [-0.2, -0.15) is 5.10 Å². The molecule has 2 aromatic rings. The zero-order valence-electron chi connectivity index (χ0n) is 12.9. The standard InChI is InChI=1S/C16H23IN4/c1-4-9-18-15(13-5-7-14(17)8-6-13)10-16-19-11-20-21(16)12(2)3/h5-8,11-12,15,18H,4,9-10H2,1-3H3. The number of hydrogen-bond donors (Lipinski definition) is 1. The molecule has 0 aliphatic rings. The maximum Gasteiger partial charge on any atom is 0.138 e. The minimum Gasteiger partial charge on any atom is -0.310 e. The Balaban J connectivity index is 2.19. The van der Waals surface area contributed by atoms with Crippen LogP contribution in [0, 0.1) is 3.57 Å². The van der Waals surface area contributed by atoms with E-state index in [2.05, 4.69) is 83.0 Å². The minimum absolute atomic E-state index is 0.281. The summed E-state index contributed by atoms with van der Waals surface area (Å²) >= 11 is 2.34. The van der Waals surface area contributed by atoms with Crippen LogP contribution < -0.4 is 5.32 Å². The molecule has 0 amide bonds. The number of nitrogens with one attached hydrogen (secondary N) is 1. The average molecular weight is 398 g/mol. The Hall–Kier alpha value is -0.950. The SMILES string of the molecule is CCCNC(Cc1ncnn1C(C)C)c1ccc(I)cc1. The van der Waals surface area contributed by atoms with Crippen LogP contribution in [0.4, 0.5) is 0 Å². The van der Waals surface area contributed by atoms with Gasteiger partial charge in [0, 0.05) is 22.1 Å². The third-order valence-electron chi connectivity index (χ3n) is 3.44. The summed E-state index contributed by atoms with van der Waals surface area (Å²) in [4.78, 5) is 4.44. The molecule has 0 fully saturated rings. The molecule has 0 radical (unpaired) electrons. The van der Waals surface area contributed by atoms with E-state index in [0.717, 1.165) is 25.2 Å². The lowest BCUT2D eigenvalue weighted by atomic mass is 10.0. The van der Waals surface area contributed by atoms with Gasteiger partial charge >= 0.3 is 0 Å². The van der Waals surface area contributed by atoms with E-state index in [1.807, 2.05) is 4.68 Å². The van der Waals surface area contributed by atoms with E-state index in [9.17, 15) is 0 Å². The Morgan fingerprint density at radius 1 is 1.24 bits per heavy atom. The van der Waals surface area contributed by atoms with Crippen LogP contribution >= 0.6 is 22.6 Å². The molecule has 1 atom stereocenters. The summed E-state index contributed by atoms with van der Waals surface area (Å²) in [7, 11) is 0. The summed E-state index contributed by atoms with van der Waals surface area (Å²) in [6.07, 6.45) is 3.64. The molecular weight excluding hydrogens is 375 g/mol. The first-order valence-corrected chi connectivity index (χ1v) is 8.57. The Labute approximate surface area is 140 Å². The van der Waals surface area contributed by atoms with E-state index in [1.165, 1.54) is 9.13 Å². The molecule has 1 N–H and O–H groups in total. The fourth-order valence-electron chi connectivity index (χ4n) is 2.36. The van der Waals surface area contributed by atoms with Crippen molar-refractivity contribution < 1.29 is 0 Å². The maximum absolute atomic E-state index is 4.44. The van der Waals surface area contributed by atoms with Crippen molar-refractivity contribution in [3.8, 4) is 0 Å². The molecule has 0 spiro atoms. The van der Waals surface area contributed by atoms with Crippen molar-refractivity contribution in [3.05, 3.63) is 45.6 Å². The average Bonchev–Trinajstić information content (AvgIpc) is 2.93. The summed E-state index contributed by atoms with van der Waals surface area (Å²) in [5.74, 6) is 1.04. The number of rotatable bonds is 7. The van der Waals surface area contributed by atoms with E-state index in [1.54, 1.807) is 6.33 Å². The molecule has 0 aliphatic heterocycles. The maximum atomic E-state index is 4.44. The van der Waals surface area contributed by atoms with Crippen molar-refractivity contribution >= 4 is 22.6 Å².